The van der Waals surface area contributed by atoms with E-state index in [-0.39, 0.29) is 24.8 Å². The highest BCUT2D eigenvalue weighted by molar-refractivity contribution is 5.35. The molecule has 0 bridgehead atoms. The van der Waals surface area contributed by atoms with E-state index in [0.717, 1.165) is 0 Å². The highest BCUT2D eigenvalue weighted by Crippen LogP contribution is 2.37. The lowest BCUT2D eigenvalue weighted by atomic mass is 10.0. The van der Waals surface area contributed by atoms with Crippen molar-refractivity contribution in [3.05, 3.63) is 34.9 Å². The van der Waals surface area contributed by atoms with Crippen molar-refractivity contribution in [3.8, 4) is 0 Å². The number of benzene rings is 1. The fourth-order valence-corrected chi connectivity index (χ4v) is 1.63. The molecule has 0 aromatic heterocycles. The maximum atomic E-state index is 12.6. The van der Waals surface area contributed by atoms with Crippen LogP contribution in [0.4, 0.5) is 26.3 Å². The zero-order valence-corrected chi connectivity index (χ0v) is 10.4. The fourth-order valence-electron chi connectivity index (χ4n) is 1.63. The summed E-state index contributed by atoms with van der Waals surface area (Å²) in [6, 6.07) is 0.683. The minimum atomic E-state index is -4.85. The summed E-state index contributed by atoms with van der Waals surface area (Å²) in [5, 5.41) is 11.2. The van der Waals surface area contributed by atoms with Gasteiger partial charge in [0.1, 0.15) is 0 Å². The summed E-state index contributed by atoms with van der Waals surface area (Å²) in [5.74, 6) is 0. The van der Waals surface area contributed by atoms with E-state index in [9.17, 15) is 26.3 Å². The molecule has 0 spiro atoms. The molecule has 114 valence electrons. The first-order valence-corrected chi connectivity index (χ1v) is 5.69. The Morgan fingerprint density at radius 2 is 1.45 bits per heavy atom. The van der Waals surface area contributed by atoms with Gasteiger partial charge < -0.3 is 10.4 Å². The Balaban J connectivity index is 3.24. The maximum Gasteiger partial charge on any atom is 0.416 e. The van der Waals surface area contributed by atoms with Crippen LogP contribution in [0.25, 0.3) is 0 Å². The van der Waals surface area contributed by atoms with Crippen molar-refractivity contribution in [2.75, 3.05) is 13.2 Å². The quantitative estimate of drug-likeness (QED) is 0.836. The van der Waals surface area contributed by atoms with Gasteiger partial charge in [-0.2, -0.15) is 26.3 Å². The molecule has 1 aromatic rings. The molecule has 8 heteroatoms. The van der Waals surface area contributed by atoms with E-state index >= 15 is 0 Å². The van der Waals surface area contributed by atoms with E-state index < -0.39 is 29.5 Å². The summed E-state index contributed by atoms with van der Waals surface area (Å²) < 4.78 is 75.7. The van der Waals surface area contributed by atoms with Crippen molar-refractivity contribution in [2.45, 2.75) is 25.3 Å². The average molecular weight is 301 g/mol. The van der Waals surface area contributed by atoms with Crippen LogP contribution in [0.1, 0.15) is 29.7 Å². The summed E-state index contributed by atoms with van der Waals surface area (Å²) in [7, 11) is 0. The van der Waals surface area contributed by atoms with Gasteiger partial charge in [0.25, 0.3) is 0 Å². The normalized spacial score (nSPS) is 14.4. The first kappa shape index (κ1) is 16.8. The topological polar surface area (TPSA) is 32.3 Å². The molecule has 0 radical (unpaired) electrons. The van der Waals surface area contributed by atoms with Crippen LogP contribution in [0.5, 0.6) is 0 Å². The Kier molecular flexibility index (Phi) is 5.04. The molecule has 0 saturated carbocycles. The first-order chi connectivity index (χ1) is 9.05. The van der Waals surface area contributed by atoms with Crippen LogP contribution in [-0.4, -0.2) is 18.3 Å². The lowest BCUT2D eigenvalue weighted by Gasteiger charge is -2.18. The number of aliphatic hydroxyl groups is 1. The van der Waals surface area contributed by atoms with Gasteiger partial charge in [0.15, 0.2) is 0 Å². The molecule has 0 amide bonds. The third-order valence-corrected chi connectivity index (χ3v) is 2.67. The summed E-state index contributed by atoms with van der Waals surface area (Å²) in [6.07, 6.45) is -9.71. The highest BCUT2D eigenvalue weighted by Gasteiger charge is 2.37. The molecule has 0 aliphatic carbocycles. The van der Waals surface area contributed by atoms with E-state index in [0.29, 0.717) is 12.1 Å². The van der Waals surface area contributed by atoms with Crippen LogP contribution in [0.2, 0.25) is 0 Å². The summed E-state index contributed by atoms with van der Waals surface area (Å²) in [6.45, 7) is 1.22. The standard InChI is InChI=1S/C12H13F6NO/c1-7(19-2-3-20)8-4-9(11(13,14)15)6-10(5-8)12(16,17)18/h4-7,19-20H,2-3H2,1H3. The second-order valence-corrected chi connectivity index (χ2v) is 4.24. The van der Waals surface area contributed by atoms with Crippen LogP contribution in [0, 0.1) is 0 Å². The Morgan fingerprint density at radius 1 is 1.00 bits per heavy atom. The third kappa shape index (κ3) is 4.38. The van der Waals surface area contributed by atoms with Crippen molar-refractivity contribution in [1.82, 2.24) is 5.32 Å². The average Bonchev–Trinajstić information content (AvgIpc) is 2.33. The largest absolute Gasteiger partial charge is 0.416 e. The van der Waals surface area contributed by atoms with E-state index in [4.69, 9.17) is 5.11 Å². The molecule has 0 heterocycles. The number of aliphatic hydroxyl groups excluding tert-OH is 1. The number of alkyl halides is 6. The monoisotopic (exact) mass is 301 g/mol. The lowest BCUT2D eigenvalue weighted by Crippen LogP contribution is -2.23. The summed E-state index contributed by atoms with van der Waals surface area (Å²) in [5.41, 5.74) is -2.83. The zero-order valence-electron chi connectivity index (χ0n) is 10.4. The number of hydrogen-bond acceptors (Lipinski definition) is 2. The molecule has 2 nitrogen and oxygen atoms in total. The predicted octanol–water partition coefficient (Wildman–Crippen LogP) is 3.37. The fraction of sp³-hybridized carbons (Fsp3) is 0.500. The van der Waals surface area contributed by atoms with Gasteiger partial charge in [-0.1, -0.05) is 0 Å². The van der Waals surface area contributed by atoms with Gasteiger partial charge in [0.2, 0.25) is 0 Å². The van der Waals surface area contributed by atoms with Crippen molar-refractivity contribution in [3.63, 3.8) is 0 Å². The van der Waals surface area contributed by atoms with Crippen LogP contribution in [0.3, 0.4) is 0 Å². The second-order valence-electron chi connectivity index (χ2n) is 4.24. The predicted molar refractivity (Wildman–Crippen MR) is 59.9 cm³/mol. The number of hydrogen-bond donors (Lipinski definition) is 2. The van der Waals surface area contributed by atoms with Crippen molar-refractivity contribution in [2.24, 2.45) is 0 Å². The Labute approximate surface area is 111 Å². The molecule has 1 rings (SSSR count). The minimum Gasteiger partial charge on any atom is -0.395 e. The molecular weight excluding hydrogens is 288 g/mol. The van der Waals surface area contributed by atoms with Gasteiger partial charge >= 0.3 is 12.4 Å². The molecule has 1 atom stereocenters. The molecule has 2 N–H and O–H groups in total. The second kappa shape index (κ2) is 6.01. The smallest absolute Gasteiger partial charge is 0.395 e. The zero-order chi connectivity index (χ0) is 15.6. The Hall–Kier alpha value is -1.28. The molecule has 20 heavy (non-hydrogen) atoms. The molecule has 1 unspecified atom stereocenters. The SMILES string of the molecule is CC(NCCO)c1cc(C(F)(F)F)cc(C(F)(F)F)c1. The van der Waals surface area contributed by atoms with Crippen LogP contribution < -0.4 is 5.32 Å². The highest BCUT2D eigenvalue weighted by atomic mass is 19.4. The number of halogens is 6. The van der Waals surface area contributed by atoms with Gasteiger partial charge in [0.05, 0.1) is 17.7 Å². The van der Waals surface area contributed by atoms with Crippen molar-refractivity contribution < 1.29 is 31.4 Å². The van der Waals surface area contributed by atoms with E-state index in [1.807, 2.05) is 0 Å². The van der Waals surface area contributed by atoms with Gasteiger partial charge in [0, 0.05) is 12.6 Å². The molecule has 0 aliphatic heterocycles. The number of nitrogens with one attached hydrogen (secondary N) is 1. The van der Waals surface area contributed by atoms with Gasteiger partial charge in [-0.15, -0.1) is 0 Å². The van der Waals surface area contributed by atoms with Crippen LogP contribution in [-0.2, 0) is 12.4 Å². The van der Waals surface area contributed by atoms with Gasteiger partial charge in [-0.25, -0.2) is 0 Å². The van der Waals surface area contributed by atoms with E-state index in [1.165, 1.54) is 6.92 Å². The van der Waals surface area contributed by atoms with Crippen molar-refractivity contribution in [1.29, 1.82) is 0 Å². The van der Waals surface area contributed by atoms with E-state index in [2.05, 4.69) is 5.32 Å². The lowest BCUT2D eigenvalue weighted by molar-refractivity contribution is -0.143. The third-order valence-electron chi connectivity index (χ3n) is 2.67. The first-order valence-electron chi connectivity index (χ1n) is 5.69. The van der Waals surface area contributed by atoms with Gasteiger partial charge in [-0.3, -0.25) is 0 Å². The molecular formula is C12H13F6NO. The maximum absolute atomic E-state index is 12.6. The number of rotatable bonds is 4. The Bertz CT molecular complexity index is 422. The van der Waals surface area contributed by atoms with Crippen LogP contribution in [0.15, 0.2) is 18.2 Å². The van der Waals surface area contributed by atoms with Crippen molar-refractivity contribution >= 4 is 0 Å². The Morgan fingerprint density at radius 3 is 1.80 bits per heavy atom. The molecule has 0 aliphatic rings. The molecule has 0 fully saturated rings. The molecule has 0 saturated heterocycles. The van der Waals surface area contributed by atoms with E-state index in [1.54, 1.807) is 0 Å². The van der Waals surface area contributed by atoms with Crippen LogP contribution >= 0.6 is 0 Å². The summed E-state index contributed by atoms with van der Waals surface area (Å²) >= 11 is 0. The summed E-state index contributed by atoms with van der Waals surface area (Å²) in [4.78, 5) is 0. The molecule has 1 aromatic carbocycles. The van der Waals surface area contributed by atoms with Gasteiger partial charge in [-0.05, 0) is 30.7 Å². The minimum absolute atomic E-state index is 0.0682.